The number of fused-ring (bicyclic) bond motifs is 1. The van der Waals surface area contributed by atoms with Crippen molar-refractivity contribution in [2.45, 2.75) is 38.0 Å². The summed E-state index contributed by atoms with van der Waals surface area (Å²) in [5, 5.41) is 5.44. The van der Waals surface area contributed by atoms with Crippen molar-refractivity contribution in [1.82, 2.24) is 14.6 Å². The SMILES string of the molecule is O=C(COc1ccc(C=Nn2c(C3CCCCC3)nc3ccc(Br)cc3c2=O)cc1Cl)N1CCOCC1. The molecule has 37 heavy (non-hydrogen) atoms. The standard InChI is InChI=1S/C27H28BrClN4O4/c28-20-7-8-23-21(15-20)27(35)33(26(31-23)19-4-2-1-3-5-19)30-16-18-6-9-24(22(29)14-18)37-17-25(34)32-10-12-36-13-11-32/h6-9,14-16,19H,1-5,10-13,17H2. The molecule has 8 nitrogen and oxygen atoms in total. The van der Waals surface area contributed by atoms with E-state index in [1.54, 1.807) is 35.4 Å². The second-order valence-electron chi connectivity index (χ2n) is 9.30. The van der Waals surface area contributed by atoms with Gasteiger partial charge in [-0.05, 0) is 54.8 Å². The first-order valence-corrected chi connectivity index (χ1v) is 13.7. The molecule has 0 N–H and O–H groups in total. The van der Waals surface area contributed by atoms with Gasteiger partial charge in [0.1, 0.15) is 11.6 Å². The van der Waals surface area contributed by atoms with Gasteiger partial charge in [-0.2, -0.15) is 9.78 Å². The molecule has 1 amide bonds. The van der Waals surface area contributed by atoms with E-state index in [9.17, 15) is 9.59 Å². The molecular weight excluding hydrogens is 560 g/mol. The summed E-state index contributed by atoms with van der Waals surface area (Å²) in [6.45, 7) is 2.11. The Bertz CT molecular complexity index is 1380. The first-order chi connectivity index (χ1) is 18.0. The summed E-state index contributed by atoms with van der Waals surface area (Å²) in [6.07, 6.45) is 7.03. The number of morpholine rings is 1. The van der Waals surface area contributed by atoms with Gasteiger partial charge in [0, 0.05) is 23.5 Å². The molecule has 5 rings (SSSR count). The van der Waals surface area contributed by atoms with Gasteiger partial charge in [-0.3, -0.25) is 9.59 Å². The van der Waals surface area contributed by atoms with Gasteiger partial charge in [-0.25, -0.2) is 4.98 Å². The number of ether oxygens (including phenoxy) is 2. The van der Waals surface area contributed by atoms with Crippen molar-refractivity contribution in [3.8, 4) is 5.75 Å². The van der Waals surface area contributed by atoms with Crippen molar-refractivity contribution < 1.29 is 14.3 Å². The molecule has 0 spiro atoms. The Morgan fingerprint density at radius 3 is 2.70 bits per heavy atom. The summed E-state index contributed by atoms with van der Waals surface area (Å²) in [7, 11) is 0. The summed E-state index contributed by atoms with van der Waals surface area (Å²) in [5.74, 6) is 1.20. The summed E-state index contributed by atoms with van der Waals surface area (Å²) >= 11 is 9.89. The number of carbonyl (C=O) groups excluding carboxylic acids is 1. The van der Waals surface area contributed by atoms with E-state index in [1.807, 2.05) is 12.1 Å². The van der Waals surface area contributed by atoms with Crippen LogP contribution in [0.3, 0.4) is 0 Å². The summed E-state index contributed by atoms with van der Waals surface area (Å²) < 4.78 is 13.2. The van der Waals surface area contributed by atoms with E-state index in [4.69, 9.17) is 26.1 Å². The molecule has 2 aliphatic rings. The number of hydrogen-bond donors (Lipinski definition) is 0. The van der Waals surface area contributed by atoms with Crippen LogP contribution in [0.25, 0.3) is 10.9 Å². The molecule has 0 radical (unpaired) electrons. The molecule has 2 heterocycles. The van der Waals surface area contributed by atoms with E-state index in [0.717, 1.165) is 30.2 Å². The number of aromatic nitrogens is 2. The highest BCUT2D eigenvalue weighted by atomic mass is 79.9. The minimum absolute atomic E-state index is 0.0917. The average Bonchev–Trinajstić information content (AvgIpc) is 2.93. The fraction of sp³-hybridized carbons (Fsp3) is 0.407. The number of carbonyl (C=O) groups is 1. The Morgan fingerprint density at radius 2 is 1.95 bits per heavy atom. The van der Waals surface area contributed by atoms with Crippen LogP contribution in [-0.4, -0.2) is 59.6 Å². The Morgan fingerprint density at radius 1 is 1.16 bits per heavy atom. The maximum atomic E-state index is 13.5. The first kappa shape index (κ1) is 25.9. The smallest absolute Gasteiger partial charge is 0.282 e. The Labute approximate surface area is 228 Å². The van der Waals surface area contributed by atoms with Crippen LogP contribution in [-0.2, 0) is 9.53 Å². The number of halogens is 2. The van der Waals surface area contributed by atoms with Crippen molar-refractivity contribution in [3.05, 3.63) is 67.6 Å². The molecule has 0 unspecified atom stereocenters. The molecule has 10 heteroatoms. The predicted octanol–water partition coefficient (Wildman–Crippen LogP) is 4.98. The number of nitrogens with zero attached hydrogens (tertiary/aromatic N) is 4. The second-order valence-corrected chi connectivity index (χ2v) is 10.6. The maximum absolute atomic E-state index is 13.5. The van der Waals surface area contributed by atoms with Crippen LogP contribution in [0.15, 0.2) is 50.8 Å². The summed E-state index contributed by atoms with van der Waals surface area (Å²) in [6, 6.07) is 10.7. The highest BCUT2D eigenvalue weighted by Gasteiger charge is 2.23. The third kappa shape index (κ3) is 6.05. The molecule has 1 saturated carbocycles. The van der Waals surface area contributed by atoms with Gasteiger partial charge in [-0.1, -0.05) is 46.8 Å². The lowest BCUT2D eigenvalue weighted by Gasteiger charge is -2.26. The Balaban J connectivity index is 1.38. The molecule has 1 aliphatic carbocycles. The van der Waals surface area contributed by atoms with E-state index < -0.39 is 0 Å². The van der Waals surface area contributed by atoms with E-state index in [-0.39, 0.29) is 24.0 Å². The normalized spacial score (nSPS) is 17.0. The van der Waals surface area contributed by atoms with Gasteiger partial charge in [0.05, 0.1) is 35.4 Å². The molecule has 1 saturated heterocycles. The van der Waals surface area contributed by atoms with Crippen LogP contribution in [0, 0.1) is 0 Å². The van der Waals surface area contributed by atoms with Crippen molar-refractivity contribution in [1.29, 1.82) is 0 Å². The van der Waals surface area contributed by atoms with Gasteiger partial charge in [0.2, 0.25) is 0 Å². The zero-order chi connectivity index (χ0) is 25.8. The van der Waals surface area contributed by atoms with Gasteiger partial charge in [-0.15, -0.1) is 0 Å². The van der Waals surface area contributed by atoms with Crippen molar-refractivity contribution >= 4 is 50.6 Å². The molecule has 2 aromatic carbocycles. The lowest BCUT2D eigenvalue weighted by atomic mass is 9.88. The van der Waals surface area contributed by atoms with Crippen molar-refractivity contribution in [2.75, 3.05) is 32.9 Å². The monoisotopic (exact) mass is 586 g/mol. The third-order valence-electron chi connectivity index (χ3n) is 6.80. The van der Waals surface area contributed by atoms with Crippen LogP contribution >= 0.6 is 27.5 Å². The van der Waals surface area contributed by atoms with Gasteiger partial charge < -0.3 is 14.4 Å². The quantitative estimate of drug-likeness (QED) is 0.380. The second kappa shape index (κ2) is 11.8. The molecule has 3 aromatic rings. The number of amides is 1. The zero-order valence-electron chi connectivity index (χ0n) is 20.4. The maximum Gasteiger partial charge on any atom is 0.282 e. The molecule has 194 valence electrons. The van der Waals surface area contributed by atoms with Gasteiger partial charge >= 0.3 is 0 Å². The zero-order valence-corrected chi connectivity index (χ0v) is 22.7. The highest BCUT2D eigenvalue weighted by molar-refractivity contribution is 9.10. The fourth-order valence-electron chi connectivity index (χ4n) is 4.78. The van der Waals surface area contributed by atoms with E-state index >= 15 is 0 Å². The fourth-order valence-corrected chi connectivity index (χ4v) is 5.39. The third-order valence-corrected chi connectivity index (χ3v) is 7.59. The molecule has 0 atom stereocenters. The number of rotatable bonds is 6. The number of hydrogen-bond acceptors (Lipinski definition) is 6. The average molecular weight is 588 g/mol. The number of benzene rings is 2. The lowest BCUT2D eigenvalue weighted by molar-refractivity contribution is -0.137. The van der Waals surface area contributed by atoms with Crippen LogP contribution < -0.4 is 10.3 Å². The Hall–Kier alpha value is -2.75. The highest BCUT2D eigenvalue weighted by Crippen LogP contribution is 2.32. The molecule has 1 aliphatic heterocycles. The van der Waals surface area contributed by atoms with Crippen molar-refractivity contribution in [2.24, 2.45) is 5.10 Å². The minimum Gasteiger partial charge on any atom is -0.482 e. The van der Waals surface area contributed by atoms with Gasteiger partial charge in [0.25, 0.3) is 11.5 Å². The van der Waals surface area contributed by atoms with Crippen LogP contribution in [0.2, 0.25) is 5.02 Å². The van der Waals surface area contributed by atoms with E-state index in [0.29, 0.717) is 59.4 Å². The minimum atomic E-state index is -0.198. The summed E-state index contributed by atoms with van der Waals surface area (Å²) in [4.78, 5) is 32.4. The largest absolute Gasteiger partial charge is 0.482 e. The van der Waals surface area contributed by atoms with E-state index in [1.165, 1.54) is 11.1 Å². The van der Waals surface area contributed by atoms with Crippen molar-refractivity contribution in [3.63, 3.8) is 0 Å². The van der Waals surface area contributed by atoms with E-state index in [2.05, 4.69) is 21.0 Å². The molecule has 2 fully saturated rings. The lowest BCUT2D eigenvalue weighted by Crippen LogP contribution is -2.43. The predicted molar refractivity (Wildman–Crippen MR) is 147 cm³/mol. The summed E-state index contributed by atoms with van der Waals surface area (Å²) in [5.41, 5.74) is 1.18. The van der Waals surface area contributed by atoms with Crippen LogP contribution in [0.4, 0.5) is 0 Å². The van der Waals surface area contributed by atoms with Gasteiger partial charge in [0.15, 0.2) is 6.61 Å². The van der Waals surface area contributed by atoms with Crippen LogP contribution in [0.5, 0.6) is 5.75 Å². The molecule has 1 aromatic heterocycles. The topological polar surface area (TPSA) is 86.0 Å². The van der Waals surface area contributed by atoms with Crippen LogP contribution in [0.1, 0.15) is 49.4 Å². The molecule has 0 bridgehead atoms. The molecular formula is C27H28BrClN4O4. The first-order valence-electron chi connectivity index (χ1n) is 12.5. The Kier molecular flexibility index (Phi) is 8.22.